The highest BCUT2D eigenvalue weighted by Crippen LogP contribution is 2.21. The second kappa shape index (κ2) is 8.72. The van der Waals surface area contributed by atoms with Crippen molar-refractivity contribution in [3.05, 3.63) is 58.1 Å². The summed E-state index contributed by atoms with van der Waals surface area (Å²) in [6.45, 7) is 6.90. The van der Waals surface area contributed by atoms with Crippen molar-refractivity contribution in [2.45, 2.75) is 33.8 Å². The Morgan fingerprint density at radius 2 is 1.81 bits per heavy atom. The van der Waals surface area contributed by atoms with E-state index in [9.17, 15) is 9.59 Å². The molecule has 0 spiro atoms. The van der Waals surface area contributed by atoms with E-state index in [0.29, 0.717) is 16.5 Å². The van der Waals surface area contributed by atoms with Crippen molar-refractivity contribution >= 4 is 29.2 Å². The maximum absolute atomic E-state index is 12.2. The number of rotatable bonds is 6. The number of aryl methyl sites for hydroxylation is 3. The van der Waals surface area contributed by atoms with Crippen LogP contribution in [0.3, 0.4) is 0 Å². The summed E-state index contributed by atoms with van der Waals surface area (Å²) in [5.74, 6) is -0.507. The average Bonchev–Trinajstić information content (AvgIpc) is 2.59. The van der Waals surface area contributed by atoms with E-state index in [1.54, 1.807) is 18.2 Å². The molecule has 138 valence electrons. The number of benzene rings is 2. The molecule has 2 aromatic carbocycles. The van der Waals surface area contributed by atoms with Gasteiger partial charge in [-0.3, -0.25) is 4.79 Å². The number of hydrogen-bond acceptors (Lipinski definition) is 4. The van der Waals surface area contributed by atoms with Crippen molar-refractivity contribution in [2.24, 2.45) is 0 Å². The molecule has 0 radical (unpaired) electrons. The van der Waals surface area contributed by atoms with Crippen molar-refractivity contribution in [2.75, 3.05) is 11.9 Å². The minimum atomic E-state index is -0.932. The Morgan fingerprint density at radius 3 is 2.50 bits per heavy atom. The molecule has 1 atom stereocenters. The van der Waals surface area contributed by atoms with Gasteiger partial charge in [0.15, 0.2) is 12.7 Å². The van der Waals surface area contributed by atoms with Crippen molar-refractivity contribution < 1.29 is 19.1 Å². The number of carbonyl (C=O) groups is 2. The van der Waals surface area contributed by atoms with Gasteiger partial charge < -0.3 is 14.8 Å². The fourth-order valence-electron chi connectivity index (χ4n) is 2.24. The number of ether oxygens (including phenoxy) is 2. The molecule has 1 N–H and O–H groups in total. The number of halogens is 1. The van der Waals surface area contributed by atoms with E-state index >= 15 is 0 Å². The van der Waals surface area contributed by atoms with Gasteiger partial charge in [-0.25, -0.2) is 4.79 Å². The van der Waals surface area contributed by atoms with Crippen LogP contribution in [0.5, 0.6) is 5.75 Å². The SMILES string of the molecule is Cc1ccc(C)c(NC(=O)C(C)OC(=O)COc2ccc(Cl)c(C)c2)c1. The number of anilines is 1. The molecule has 6 heteroatoms. The molecule has 2 rings (SSSR count). The van der Waals surface area contributed by atoms with Crippen LogP contribution in [0.1, 0.15) is 23.6 Å². The van der Waals surface area contributed by atoms with Gasteiger partial charge in [-0.05, 0) is 68.7 Å². The first-order chi connectivity index (χ1) is 12.3. The van der Waals surface area contributed by atoms with Gasteiger partial charge in [0.1, 0.15) is 5.75 Å². The third kappa shape index (κ3) is 5.49. The number of carbonyl (C=O) groups excluding carboxylic acids is 2. The van der Waals surface area contributed by atoms with Crippen LogP contribution in [0.2, 0.25) is 5.02 Å². The maximum atomic E-state index is 12.2. The number of hydrogen-bond donors (Lipinski definition) is 1. The predicted molar refractivity (Wildman–Crippen MR) is 102 cm³/mol. The summed E-state index contributed by atoms with van der Waals surface area (Å²) in [6.07, 6.45) is -0.932. The normalized spacial score (nSPS) is 11.6. The predicted octanol–water partition coefficient (Wildman–Crippen LogP) is 4.21. The van der Waals surface area contributed by atoms with Gasteiger partial charge >= 0.3 is 5.97 Å². The average molecular weight is 376 g/mol. The second-order valence-corrected chi connectivity index (χ2v) is 6.55. The third-order valence-electron chi connectivity index (χ3n) is 3.81. The van der Waals surface area contributed by atoms with Gasteiger partial charge in [0, 0.05) is 10.7 Å². The molecule has 0 aliphatic rings. The van der Waals surface area contributed by atoms with Crippen LogP contribution in [0.4, 0.5) is 5.69 Å². The second-order valence-electron chi connectivity index (χ2n) is 6.14. The van der Waals surface area contributed by atoms with Crippen LogP contribution in [-0.4, -0.2) is 24.6 Å². The Hall–Kier alpha value is -2.53. The zero-order valence-corrected chi connectivity index (χ0v) is 16.0. The molecule has 0 fully saturated rings. The monoisotopic (exact) mass is 375 g/mol. The summed E-state index contributed by atoms with van der Waals surface area (Å²) in [5, 5.41) is 3.39. The molecule has 5 nitrogen and oxygen atoms in total. The summed E-state index contributed by atoms with van der Waals surface area (Å²) in [6, 6.07) is 10.8. The van der Waals surface area contributed by atoms with E-state index in [-0.39, 0.29) is 6.61 Å². The minimum Gasteiger partial charge on any atom is -0.482 e. The Kier molecular flexibility index (Phi) is 6.64. The van der Waals surface area contributed by atoms with Gasteiger partial charge in [0.05, 0.1) is 0 Å². The fraction of sp³-hybridized carbons (Fsp3) is 0.300. The van der Waals surface area contributed by atoms with Crippen LogP contribution in [0, 0.1) is 20.8 Å². The lowest BCUT2D eigenvalue weighted by Crippen LogP contribution is -2.31. The standard InChI is InChI=1S/C20H22ClNO4/c1-12-5-6-13(2)18(9-12)22-20(24)15(4)26-19(23)11-25-16-7-8-17(21)14(3)10-16/h5-10,15H,11H2,1-4H3,(H,22,24). The number of amides is 1. The van der Waals surface area contributed by atoms with Crippen LogP contribution in [0.25, 0.3) is 0 Å². The lowest BCUT2D eigenvalue weighted by atomic mass is 10.1. The Bertz CT molecular complexity index is 819. The van der Waals surface area contributed by atoms with Crippen molar-refractivity contribution in [3.8, 4) is 5.75 Å². The maximum Gasteiger partial charge on any atom is 0.344 e. The Balaban J connectivity index is 1.86. The van der Waals surface area contributed by atoms with Gasteiger partial charge in [0.2, 0.25) is 0 Å². The summed E-state index contributed by atoms with van der Waals surface area (Å²) in [4.78, 5) is 24.1. The molecule has 0 aliphatic heterocycles. The Labute approximate surface area is 158 Å². The zero-order chi connectivity index (χ0) is 19.3. The lowest BCUT2D eigenvalue weighted by molar-refractivity contribution is -0.155. The van der Waals surface area contributed by atoms with Crippen molar-refractivity contribution in [1.29, 1.82) is 0 Å². The smallest absolute Gasteiger partial charge is 0.344 e. The van der Waals surface area contributed by atoms with Gasteiger partial charge in [-0.15, -0.1) is 0 Å². The summed E-state index contributed by atoms with van der Waals surface area (Å²) >= 11 is 5.94. The van der Waals surface area contributed by atoms with Crippen LogP contribution < -0.4 is 10.1 Å². The number of nitrogens with one attached hydrogen (secondary N) is 1. The van der Waals surface area contributed by atoms with E-state index in [4.69, 9.17) is 21.1 Å². The molecule has 0 bridgehead atoms. The molecule has 0 aromatic heterocycles. The molecule has 2 aromatic rings. The lowest BCUT2D eigenvalue weighted by Gasteiger charge is -2.15. The van der Waals surface area contributed by atoms with Crippen LogP contribution in [0.15, 0.2) is 36.4 Å². The zero-order valence-electron chi connectivity index (χ0n) is 15.3. The van der Waals surface area contributed by atoms with E-state index < -0.39 is 18.0 Å². The van der Waals surface area contributed by atoms with E-state index in [0.717, 1.165) is 16.7 Å². The summed E-state index contributed by atoms with van der Waals surface area (Å²) in [5.41, 5.74) is 3.51. The largest absolute Gasteiger partial charge is 0.482 e. The minimum absolute atomic E-state index is 0.290. The summed E-state index contributed by atoms with van der Waals surface area (Å²) in [7, 11) is 0. The first kappa shape index (κ1) is 19.8. The molecule has 0 saturated carbocycles. The van der Waals surface area contributed by atoms with Crippen molar-refractivity contribution in [1.82, 2.24) is 0 Å². The molecule has 26 heavy (non-hydrogen) atoms. The number of esters is 1. The highest BCUT2D eigenvalue weighted by atomic mass is 35.5. The summed E-state index contributed by atoms with van der Waals surface area (Å²) < 4.78 is 10.5. The van der Waals surface area contributed by atoms with Gasteiger partial charge in [-0.1, -0.05) is 23.7 Å². The first-order valence-electron chi connectivity index (χ1n) is 8.23. The first-order valence-corrected chi connectivity index (χ1v) is 8.60. The molecule has 0 saturated heterocycles. The van der Waals surface area contributed by atoms with E-state index in [1.807, 2.05) is 39.0 Å². The third-order valence-corrected chi connectivity index (χ3v) is 4.24. The molecule has 1 unspecified atom stereocenters. The van der Waals surface area contributed by atoms with Crippen LogP contribution in [-0.2, 0) is 14.3 Å². The molecular weight excluding hydrogens is 354 g/mol. The quantitative estimate of drug-likeness (QED) is 0.768. The topological polar surface area (TPSA) is 64.6 Å². The molecule has 0 aliphatic carbocycles. The van der Waals surface area contributed by atoms with E-state index in [2.05, 4.69) is 5.32 Å². The van der Waals surface area contributed by atoms with Crippen molar-refractivity contribution in [3.63, 3.8) is 0 Å². The fourth-order valence-corrected chi connectivity index (χ4v) is 2.36. The van der Waals surface area contributed by atoms with Crippen LogP contribution >= 0.6 is 11.6 Å². The van der Waals surface area contributed by atoms with E-state index in [1.165, 1.54) is 6.92 Å². The molecule has 1 amide bonds. The Morgan fingerprint density at radius 1 is 1.08 bits per heavy atom. The van der Waals surface area contributed by atoms with Gasteiger partial charge in [-0.2, -0.15) is 0 Å². The van der Waals surface area contributed by atoms with Gasteiger partial charge in [0.25, 0.3) is 5.91 Å². The molecule has 0 heterocycles. The highest BCUT2D eigenvalue weighted by Gasteiger charge is 2.19. The highest BCUT2D eigenvalue weighted by molar-refractivity contribution is 6.31. The molecular formula is C20H22ClNO4.